The van der Waals surface area contributed by atoms with E-state index in [2.05, 4.69) is 14.8 Å². The molecule has 3 rings (SSSR count). The zero-order chi connectivity index (χ0) is 14.1. The minimum Gasteiger partial charge on any atom is -0.493 e. The molecule has 0 saturated carbocycles. The summed E-state index contributed by atoms with van der Waals surface area (Å²) in [6.07, 6.45) is 2.10. The summed E-state index contributed by atoms with van der Waals surface area (Å²) in [4.78, 5) is 0. The van der Waals surface area contributed by atoms with Crippen molar-refractivity contribution in [3.63, 3.8) is 0 Å². The number of ether oxygens (including phenoxy) is 3. The summed E-state index contributed by atoms with van der Waals surface area (Å²) in [5, 5.41) is 8.50. The van der Waals surface area contributed by atoms with Crippen LogP contribution in [-0.4, -0.2) is 36.1 Å². The number of methoxy groups -OCH3 is 3. The number of rotatable bonds is 4. The van der Waals surface area contributed by atoms with Crippen molar-refractivity contribution in [1.82, 2.24) is 14.8 Å². The van der Waals surface area contributed by atoms with E-state index >= 15 is 0 Å². The average Bonchev–Trinajstić information content (AvgIpc) is 3.08. The highest BCUT2D eigenvalue weighted by atomic mass is 16.5. The minimum absolute atomic E-state index is 0.583. The second-order valence-corrected chi connectivity index (χ2v) is 4.61. The number of fused-ring (bicyclic) bond motifs is 1. The van der Waals surface area contributed by atoms with Crippen molar-refractivity contribution in [2.75, 3.05) is 21.3 Å². The molecule has 0 unspecified atom stereocenters. The molecular formula is C14H17N3O3. The van der Waals surface area contributed by atoms with Crippen molar-refractivity contribution in [3.8, 4) is 28.6 Å². The average molecular weight is 275 g/mol. The highest BCUT2D eigenvalue weighted by Crippen LogP contribution is 2.41. The van der Waals surface area contributed by atoms with Crippen molar-refractivity contribution in [1.29, 1.82) is 0 Å². The number of benzene rings is 1. The first-order valence-corrected chi connectivity index (χ1v) is 6.51. The molecule has 20 heavy (non-hydrogen) atoms. The Morgan fingerprint density at radius 2 is 1.70 bits per heavy atom. The van der Waals surface area contributed by atoms with Crippen LogP contribution < -0.4 is 14.2 Å². The summed E-state index contributed by atoms with van der Waals surface area (Å²) in [6.45, 7) is 0.953. The molecule has 2 heterocycles. The van der Waals surface area contributed by atoms with Crippen molar-refractivity contribution in [3.05, 3.63) is 18.0 Å². The van der Waals surface area contributed by atoms with Gasteiger partial charge in [0.1, 0.15) is 5.82 Å². The molecule has 106 valence electrons. The predicted molar refractivity (Wildman–Crippen MR) is 73.4 cm³/mol. The first kappa shape index (κ1) is 12.8. The Bertz CT molecular complexity index is 612. The molecule has 2 aromatic rings. The minimum atomic E-state index is 0.583. The number of hydrogen-bond donors (Lipinski definition) is 0. The Kier molecular flexibility index (Phi) is 3.22. The maximum Gasteiger partial charge on any atom is 0.203 e. The number of aromatic nitrogens is 3. The molecule has 6 heteroatoms. The van der Waals surface area contributed by atoms with E-state index in [9.17, 15) is 0 Å². The van der Waals surface area contributed by atoms with Crippen LogP contribution in [0.5, 0.6) is 17.2 Å². The van der Waals surface area contributed by atoms with Gasteiger partial charge in [-0.05, 0) is 18.6 Å². The van der Waals surface area contributed by atoms with E-state index in [4.69, 9.17) is 14.2 Å². The van der Waals surface area contributed by atoms with Gasteiger partial charge in [0, 0.05) is 18.5 Å². The third-order valence-corrected chi connectivity index (χ3v) is 3.53. The molecule has 6 nitrogen and oxygen atoms in total. The van der Waals surface area contributed by atoms with Crippen LogP contribution in [0.25, 0.3) is 11.4 Å². The fourth-order valence-corrected chi connectivity index (χ4v) is 2.57. The molecule has 0 aliphatic carbocycles. The van der Waals surface area contributed by atoms with E-state index in [0.717, 1.165) is 36.6 Å². The van der Waals surface area contributed by atoms with Gasteiger partial charge in [0.15, 0.2) is 17.3 Å². The van der Waals surface area contributed by atoms with Crippen LogP contribution in [0.15, 0.2) is 12.1 Å². The Morgan fingerprint density at radius 1 is 1.00 bits per heavy atom. The normalized spacial score (nSPS) is 13.2. The second kappa shape index (κ2) is 5.03. The molecule has 0 N–H and O–H groups in total. The van der Waals surface area contributed by atoms with Crippen molar-refractivity contribution < 1.29 is 14.2 Å². The predicted octanol–water partition coefficient (Wildman–Crippen LogP) is 1.92. The summed E-state index contributed by atoms with van der Waals surface area (Å²) >= 11 is 0. The van der Waals surface area contributed by atoms with Gasteiger partial charge in [-0.25, -0.2) is 0 Å². The fraction of sp³-hybridized carbons (Fsp3) is 0.429. The van der Waals surface area contributed by atoms with E-state index in [0.29, 0.717) is 17.2 Å². The number of nitrogens with zero attached hydrogens (tertiary/aromatic N) is 3. The Balaban J connectivity index is 2.14. The van der Waals surface area contributed by atoms with Gasteiger partial charge in [-0.15, -0.1) is 10.2 Å². The molecule has 0 fully saturated rings. The highest BCUT2D eigenvalue weighted by Gasteiger charge is 2.21. The zero-order valence-corrected chi connectivity index (χ0v) is 11.8. The lowest BCUT2D eigenvalue weighted by atomic mass is 10.1. The monoisotopic (exact) mass is 275 g/mol. The summed E-state index contributed by atoms with van der Waals surface area (Å²) in [6, 6.07) is 3.80. The summed E-state index contributed by atoms with van der Waals surface area (Å²) in [7, 11) is 4.81. The Morgan fingerprint density at radius 3 is 2.30 bits per heavy atom. The van der Waals surface area contributed by atoms with Crippen molar-refractivity contribution in [2.24, 2.45) is 0 Å². The summed E-state index contributed by atoms with van der Waals surface area (Å²) < 4.78 is 18.2. The molecular weight excluding hydrogens is 258 g/mol. The van der Waals surface area contributed by atoms with Gasteiger partial charge in [0.2, 0.25) is 5.75 Å². The SMILES string of the molecule is COc1cc(-c2nnc3n2CCC3)cc(OC)c1OC. The van der Waals surface area contributed by atoms with Crippen LogP contribution >= 0.6 is 0 Å². The smallest absolute Gasteiger partial charge is 0.203 e. The molecule has 0 bridgehead atoms. The maximum atomic E-state index is 5.37. The maximum absolute atomic E-state index is 5.37. The van der Waals surface area contributed by atoms with Gasteiger partial charge >= 0.3 is 0 Å². The molecule has 0 radical (unpaired) electrons. The van der Waals surface area contributed by atoms with Crippen LogP contribution in [0.1, 0.15) is 12.2 Å². The third kappa shape index (κ3) is 1.88. The molecule has 0 spiro atoms. The Hall–Kier alpha value is -2.24. The molecule has 0 amide bonds. The van der Waals surface area contributed by atoms with Gasteiger partial charge in [-0.2, -0.15) is 0 Å². The van der Waals surface area contributed by atoms with E-state index < -0.39 is 0 Å². The van der Waals surface area contributed by atoms with Crippen molar-refractivity contribution >= 4 is 0 Å². The zero-order valence-electron chi connectivity index (χ0n) is 11.8. The summed E-state index contributed by atoms with van der Waals surface area (Å²) in [5.41, 5.74) is 0.917. The summed E-state index contributed by atoms with van der Waals surface area (Å²) in [5.74, 6) is 3.71. The van der Waals surface area contributed by atoms with Gasteiger partial charge in [-0.1, -0.05) is 0 Å². The lowest BCUT2D eigenvalue weighted by Gasteiger charge is -2.14. The first-order valence-electron chi connectivity index (χ1n) is 6.51. The molecule has 1 aliphatic rings. The van der Waals surface area contributed by atoms with Crippen LogP contribution in [0, 0.1) is 0 Å². The van der Waals surface area contributed by atoms with Crippen LogP contribution in [0.3, 0.4) is 0 Å². The molecule has 1 aromatic heterocycles. The van der Waals surface area contributed by atoms with E-state index in [1.807, 2.05) is 12.1 Å². The van der Waals surface area contributed by atoms with Gasteiger partial charge < -0.3 is 18.8 Å². The largest absolute Gasteiger partial charge is 0.493 e. The molecule has 0 atom stereocenters. The van der Waals surface area contributed by atoms with Crippen LogP contribution in [-0.2, 0) is 13.0 Å². The van der Waals surface area contributed by atoms with Gasteiger partial charge in [0.25, 0.3) is 0 Å². The molecule has 0 saturated heterocycles. The first-order chi connectivity index (χ1) is 9.78. The van der Waals surface area contributed by atoms with E-state index in [1.165, 1.54) is 0 Å². The van der Waals surface area contributed by atoms with Gasteiger partial charge in [0.05, 0.1) is 21.3 Å². The van der Waals surface area contributed by atoms with Crippen molar-refractivity contribution in [2.45, 2.75) is 19.4 Å². The topological polar surface area (TPSA) is 58.4 Å². The van der Waals surface area contributed by atoms with Crippen LogP contribution in [0.4, 0.5) is 0 Å². The van der Waals surface area contributed by atoms with Crippen LogP contribution in [0.2, 0.25) is 0 Å². The fourth-order valence-electron chi connectivity index (χ4n) is 2.57. The van der Waals surface area contributed by atoms with E-state index in [-0.39, 0.29) is 0 Å². The quantitative estimate of drug-likeness (QED) is 0.853. The van der Waals surface area contributed by atoms with Gasteiger partial charge in [-0.3, -0.25) is 0 Å². The molecule has 1 aliphatic heterocycles. The molecule has 1 aromatic carbocycles. The highest BCUT2D eigenvalue weighted by molar-refractivity contribution is 5.67. The second-order valence-electron chi connectivity index (χ2n) is 4.61. The lowest BCUT2D eigenvalue weighted by molar-refractivity contribution is 0.324. The Labute approximate surface area is 117 Å². The van der Waals surface area contributed by atoms with E-state index in [1.54, 1.807) is 21.3 Å². The standard InChI is InChI=1S/C14H17N3O3/c1-18-10-7-9(8-11(19-2)13(10)20-3)14-16-15-12-5-4-6-17(12)14/h7-8H,4-6H2,1-3H3. The third-order valence-electron chi connectivity index (χ3n) is 3.53. The number of hydrogen-bond acceptors (Lipinski definition) is 5. The lowest BCUT2D eigenvalue weighted by Crippen LogP contribution is -1.99. The number of aryl methyl sites for hydroxylation is 1.